The number of nitrogens with zero attached hydrogens (tertiary/aromatic N) is 1. The summed E-state index contributed by atoms with van der Waals surface area (Å²) in [5.41, 5.74) is 6.79. The summed E-state index contributed by atoms with van der Waals surface area (Å²) in [6.07, 6.45) is 0. The first-order chi connectivity index (χ1) is 9.47. The van der Waals surface area contributed by atoms with E-state index in [0.717, 1.165) is 17.0 Å². The van der Waals surface area contributed by atoms with Crippen LogP contribution in [0.5, 0.6) is 0 Å². The molecule has 3 N–H and O–H groups in total. The second-order valence-corrected chi connectivity index (χ2v) is 5.04. The highest BCUT2D eigenvalue weighted by Crippen LogP contribution is 2.09. The van der Waals surface area contributed by atoms with Gasteiger partial charge in [0.1, 0.15) is 6.54 Å². The Hall–Kier alpha value is -2.41. The number of amides is 2. The lowest BCUT2D eigenvalue weighted by molar-refractivity contribution is -0.116. The molecule has 2 aromatic rings. The van der Waals surface area contributed by atoms with Crippen LogP contribution < -0.4 is 15.9 Å². The molecular formula is C13H13N3O3S. The Morgan fingerprint density at radius 3 is 2.45 bits per heavy atom. The van der Waals surface area contributed by atoms with Crippen LogP contribution in [0, 0.1) is 6.92 Å². The van der Waals surface area contributed by atoms with E-state index in [1.54, 1.807) is 24.4 Å². The Balaban J connectivity index is 2.05. The molecule has 104 valence electrons. The number of aryl methyl sites for hydroxylation is 1. The van der Waals surface area contributed by atoms with E-state index in [1.807, 2.05) is 0 Å². The molecule has 0 spiro atoms. The summed E-state index contributed by atoms with van der Waals surface area (Å²) >= 11 is 1.06. The van der Waals surface area contributed by atoms with E-state index in [9.17, 15) is 14.4 Å². The van der Waals surface area contributed by atoms with Gasteiger partial charge in [-0.2, -0.15) is 0 Å². The highest BCUT2D eigenvalue weighted by atomic mass is 32.1. The number of nitrogens with one attached hydrogen (secondary N) is 1. The number of nitrogens with two attached hydrogens (primary N) is 1. The van der Waals surface area contributed by atoms with Crippen molar-refractivity contribution in [2.24, 2.45) is 5.73 Å². The maximum absolute atomic E-state index is 11.8. The molecular weight excluding hydrogens is 278 g/mol. The van der Waals surface area contributed by atoms with Crippen LogP contribution in [0.15, 0.2) is 34.4 Å². The Morgan fingerprint density at radius 1 is 1.30 bits per heavy atom. The van der Waals surface area contributed by atoms with Crippen LogP contribution in [-0.2, 0) is 11.3 Å². The second-order valence-electron chi connectivity index (χ2n) is 4.22. The van der Waals surface area contributed by atoms with Gasteiger partial charge in [0.2, 0.25) is 11.8 Å². The summed E-state index contributed by atoms with van der Waals surface area (Å²) in [4.78, 5) is 34.1. The van der Waals surface area contributed by atoms with E-state index in [0.29, 0.717) is 11.3 Å². The molecule has 6 nitrogen and oxygen atoms in total. The molecule has 0 radical (unpaired) electrons. The fourth-order valence-corrected chi connectivity index (χ4v) is 2.39. The molecule has 0 unspecified atom stereocenters. The normalized spacial score (nSPS) is 10.2. The molecule has 20 heavy (non-hydrogen) atoms. The zero-order chi connectivity index (χ0) is 14.7. The summed E-state index contributed by atoms with van der Waals surface area (Å²) < 4.78 is 1.40. The number of anilines is 1. The minimum Gasteiger partial charge on any atom is -0.366 e. The molecule has 2 amide bonds. The maximum Gasteiger partial charge on any atom is 0.307 e. The number of primary amides is 1. The number of benzene rings is 1. The summed E-state index contributed by atoms with van der Waals surface area (Å²) in [5, 5.41) is 4.36. The Labute approximate surface area is 118 Å². The number of thiazole rings is 1. The van der Waals surface area contributed by atoms with Crippen molar-refractivity contribution in [3.63, 3.8) is 0 Å². The third-order valence-electron chi connectivity index (χ3n) is 2.73. The van der Waals surface area contributed by atoms with Gasteiger partial charge < -0.3 is 11.1 Å². The second kappa shape index (κ2) is 5.70. The van der Waals surface area contributed by atoms with Crippen molar-refractivity contribution >= 4 is 28.8 Å². The zero-order valence-electron chi connectivity index (χ0n) is 10.8. The van der Waals surface area contributed by atoms with Gasteiger partial charge in [-0.3, -0.25) is 19.0 Å². The first kappa shape index (κ1) is 14.0. The molecule has 0 aliphatic carbocycles. The van der Waals surface area contributed by atoms with Crippen LogP contribution in [0.3, 0.4) is 0 Å². The average molecular weight is 291 g/mol. The predicted molar refractivity (Wildman–Crippen MR) is 76.9 cm³/mol. The lowest BCUT2D eigenvalue weighted by Crippen LogP contribution is -2.25. The van der Waals surface area contributed by atoms with Gasteiger partial charge in [0, 0.05) is 22.3 Å². The Bertz CT molecular complexity index is 700. The third kappa shape index (κ3) is 3.12. The van der Waals surface area contributed by atoms with Crippen molar-refractivity contribution in [3.8, 4) is 0 Å². The Morgan fingerprint density at radius 2 is 1.95 bits per heavy atom. The maximum atomic E-state index is 11.8. The van der Waals surface area contributed by atoms with Gasteiger partial charge in [-0.05, 0) is 31.2 Å². The lowest BCUT2D eigenvalue weighted by Gasteiger charge is -2.07. The molecule has 0 saturated carbocycles. The number of aromatic nitrogens is 1. The van der Waals surface area contributed by atoms with Crippen molar-refractivity contribution in [3.05, 3.63) is 50.6 Å². The Kier molecular flexibility index (Phi) is 3.99. The summed E-state index contributed by atoms with van der Waals surface area (Å²) in [6.45, 7) is 1.73. The molecule has 0 fully saturated rings. The monoisotopic (exact) mass is 291 g/mol. The fourth-order valence-electron chi connectivity index (χ4n) is 1.66. The van der Waals surface area contributed by atoms with Crippen LogP contribution in [-0.4, -0.2) is 16.4 Å². The van der Waals surface area contributed by atoms with Gasteiger partial charge in [-0.25, -0.2) is 0 Å². The molecule has 0 bridgehead atoms. The predicted octanol–water partition coefficient (Wildman–Crippen LogP) is 0.956. The molecule has 0 saturated heterocycles. The molecule has 0 aliphatic rings. The first-order valence-electron chi connectivity index (χ1n) is 5.82. The van der Waals surface area contributed by atoms with Crippen LogP contribution in [0.4, 0.5) is 5.69 Å². The van der Waals surface area contributed by atoms with E-state index in [1.165, 1.54) is 16.7 Å². The standard InChI is InChI=1S/C13H13N3O3S/c1-8-7-20-13(19)16(8)6-11(17)15-10-4-2-9(3-5-10)12(14)18/h2-5,7H,6H2,1H3,(H2,14,18)(H,15,17). The van der Waals surface area contributed by atoms with Crippen molar-refractivity contribution in [2.45, 2.75) is 13.5 Å². The van der Waals surface area contributed by atoms with E-state index in [-0.39, 0.29) is 17.3 Å². The minimum absolute atomic E-state index is 0.0360. The van der Waals surface area contributed by atoms with Crippen molar-refractivity contribution in [2.75, 3.05) is 5.32 Å². The summed E-state index contributed by atoms with van der Waals surface area (Å²) in [6, 6.07) is 6.22. The van der Waals surface area contributed by atoms with Crippen LogP contribution >= 0.6 is 11.3 Å². The highest BCUT2D eigenvalue weighted by Gasteiger charge is 2.09. The summed E-state index contributed by atoms with van der Waals surface area (Å²) in [7, 11) is 0. The molecule has 1 heterocycles. The number of rotatable bonds is 4. The van der Waals surface area contributed by atoms with Gasteiger partial charge in [-0.1, -0.05) is 11.3 Å². The van der Waals surface area contributed by atoms with E-state index in [2.05, 4.69) is 5.32 Å². The minimum atomic E-state index is -0.525. The van der Waals surface area contributed by atoms with E-state index < -0.39 is 5.91 Å². The molecule has 2 rings (SSSR count). The lowest BCUT2D eigenvalue weighted by atomic mass is 10.2. The largest absolute Gasteiger partial charge is 0.366 e. The third-order valence-corrected chi connectivity index (χ3v) is 3.61. The van der Waals surface area contributed by atoms with E-state index >= 15 is 0 Å². The average Bonchev–Trinajstić information content (AvgIpc) is 2.71. The first-order valence-corrected chi connectivity index (χ1v) is 6.70. The van der Waals surface area contributed by atoms with Crippen molar-refractivity contribution in [1.29, 1.82) is 0 Å². The zero-order valence-corrected chi connectivity index (χ0v) is 11.6. The molecule has 0 atom stereocenters. The summed E-state index contributed by atoms with van der Waals surface area (Å²) in [5.74, 6) is -0.830. The van der Waals surface area contributed by atoms with Gasteiger partial charge >= 0.3 is 4.87 Å². The topological polar surface area (TPSA) is 94.2 Å². The van der Waals surface area contributed by atoms with Crippen molar-refractivity contribution in [1.82, 2.24) is 4.57 Å². The number of carbonyl (C=O) groups excluding carboxylic acids is 2. The molecule has 7 heteroatoms. The highest BCUT2D eigenvalue weighted by molar-refractivity contribution is 7.07. The van der Waals surface area contributed by atoms with Crippen LogP contribution in [0.25, 0.3) is 0 Å². The van der Waals surface area contributed by atoms with Gasteiger partial charge in [0.25, 0.3) is 0 Å². The number of carbonyl (C=O) groups is 2. The van der Waals surface area contributed by atoms with Crippen LogP contribution in [0.2, 0.25) is 0 Å². The quantitative estimate of drug-likeness (QED) is 0.878. The SMILES string of the molecule is Cc1csc(=O)n1CC(=O)Nc1ccc(C(N)=O)cc1. The number of hydrogen-bond acceptors (Lipinski definition) is 4. The molecule has 0 aliphatic heterocycles. The van der Waals surface area contributed by atoms with E-state index in [4.69, 9.17) is 5.73 Å². The number of hydrogen-bond donors (Lipinski definition) is 2. The van der Waals surface area contributed by atoms with Crippen LogP contribution in [0.1, 0.15) is 16.1 Å². The van der Waals surface area contributed by atoms with Gasteiger partial charge in [0.15, 0.2) is 0 Å². The fraction of sp³-hybridized carbons (Fsp3) is 0.154. The molecule has 1 aromatic heterocycles. The van der Waals surface area contributed by atoms with Gasteiger partial charge in [-0.15, -0.1) is 0 Å². The molecule has 1 aromatic carbocycles. The smallest absolute Gasteiger partial charge is 0.307 e. The van der Waals surface area contributed by atoms with Gasteiger partial charge in [0.05, 0.1) is 0 Å². The van der Waals surface area contributed by atoms with Crippen molar-refractivity contribution < 1.29 is 9.59 Å².